The number of methoxy groups -OCH3 is 1. The van der Waals surface area contributed by atoms with E-state index in [1.165, 1.54) is 28.6 Å². The van der Waals surface area contributed by atoms with Crippen LogP contribution < -0.4 is 9.64 Å². The lowest BCUT2D eigenvalue weighted by Crippen LogP contribution is -2.49. The van der Waals surface area contributed by atoms with Gasteiger partial charge in [0.15, 0.2) is 10.7 Å². The average molecular weight is 455 g/mol. The largest absolute Gasteiger partial charge is 0.497 e. The van der Waals surface area contributed by atoms with Crippen molar-refractivity contribution in [2.75, 3.05) is 38.2 Å². The average Bonchev–Trinajstić information content (AvgIpc) is 2.84. The summed E-state index contributed by atoms with van der Waals surface area (Å²) < 4.78 is 32.5. The molecule has 0 aliphatic carbocycles. The zero-order valence-electron chi connectivity index (χ0n) is 17.3. The molecule has 166 valence electrons. The van der Waals surface area contributed by atoms with E-state index >= 15 is 0 Å². The number of para-hydroxylation sites is 1. The fourth-order valence-corrected chi connectivity index (χ4v) is 5.13. The van der Waals surface area contributed by atoms with Gasteiger partial charge in [-0.3, -0.25) is 10.1 Å². The maximum atomic E-state index is 13.0. The molecule has 0 amide bonds. The minimum atomic E-state index is -3.98. The van der Waals surface area contributed by atoms with E-state index in [0.29, 0.717) is 24.6 Å². The van der Waals surface area contributed by atoms with Crippen LogP contribution in [-0.2, 0) is 10.0 Å². The molecule has 0 spiro atoms. The smallest absolute Gasteiger partial charge is 0.289 e. The van der Waals surface area contributed by atoms with Crippen molar-refractivity contribution in [2.24, 2.45) is 0 Å². The van der Waals surface area contributed by atoms with E-state index < -0.39 is 20.6 Å². The molecule has 0 saturated carbocycles. The van der Waals surface area contributed by atoms with Gasteiger partial charge in [-0.25, -0.2) is 8.42 Å². The Morgan fingerprint density at radius 3 is 2.38 bits per heavy atom. The molecule has 3 aromatic rings. The molecule has 11 heteroatoms. The summed E-state index contributed by atoms with van der Waals surface area (Å²) in [5, 5.41) is 19.8. The Morgan fingerprint density at radius 2 is 1.72 bits per heavy atom. The van der Waals surface area contributed by atoms with Crippen molar-refractivity contribution < 1.29 is 18.1 Å². The van der Waals surface area contributed by atoms with E-state index in [0.717, 1.165) is 11.3 Å². The highest BCUT2D eigenvalue weighted by Gasteiger charge is 2.33. The molecule has 4 rings (SSSR count). The van der Waals surface area contributed by atoms with E-state index in [4.69, 9.17) is 4.74 Å². The molecular formula is C21H21N5O5S. The number of rotatable bonds is 6. The quantitative estimate of drug-likeness (QED) is 0.411. The second kappa shape index (κ2) is 8.89. The van der Waals surface area contributed by atoms with Gasteiger partial charge < -0.3 is 9.64 Å². The number of hydrogen-bond donors (Lipinski definition) is 0. The number of nitrogens with zero attached hydrogens (tertiary/aromatic N) is 5. The Morgan fingerprint density at radius 1 is 0.969 bits per heavy atom. The highest BCUT2D eigenvalue weighted by atomic mass is 32.2. The SMILES string of the molecule is COc1cccc(-c2ccc(N3CCN(S(=O)(=O)c4ccccc4[N+](=O)[O-])CC3)nn2)c1. The molecule has 32 heavy (non-hydrogen) atoms. The number of benzene rings is 2. The van der Waals surface area contributed by atoms with Crippen molar-refractivity contribution in [2.45, 2.75) is 4.90 Å². The van der Waals surface area contributed by atoms with Gasteiger partial charge in [-0.05, 0) is 30.3 Å². The van der Waals surface area contributed by atoms with Crippen molar-refractivity contribution >= 4 is 21.5 Å². The van der Waals surface area contributed by atoms with Crippen LogP contribution in [0.4, 0.5) is 11.5 Å². The topological polar surface area (TPSA) is 119 Å². The van der Waals surface area contributed by atoms with Crippen LogP contribution in [0.5, 0.6) is 5.75 Å². The molecular weight excluding hydrogens is 434 g/mol. The first kappa shape index (κ1) is 21.7. The fourth-order valence-electron chi connectivity index (χ4n) is 3.55. The predicted octanol–water partition coefficient (Wildman–Crippen LogP) is 2.57. The minimum Gasteiger partial charge on any atom is -0.497 e. The molecule has 1 aliphatic rings. The number of piperazine rings is 1. The van der Waals surface area contributed by atoms with Gasteiger partial charge in [0.1, 0.15) is 5.75 Å². The highest BCUT2D eigenvalue weighted by Crippen LogP contribution is 2.28. The second-order valence-corrected chi connectivity index (χ2v) is 9.03. The van der Waals surface area contributed by atoms with Crippen LogP contribution in [0.1, 0.15) is 0 Å². The van der Waals surface area contributed by atoms with E-state index in [-0.39, 0.29) is 18.0 Å². The van der Waals surface area contributed by atoms with Gasteiger partial charge >= 0.3 is 0 Å². The molecule has 1 aliphatic heterocycles. The van der Waals surface area contributed by atoms with Gasteiger partial charge in [-0.1, -0.05) is 24.3 Å². The third kappa shape index (κ3) is 4.25. The number of nitro benzene ring substituents is 1. The summed E-state index contributed by atoms with van der Waals surface area (Å²) in [6.45, 7) is 1.17. The molecule has 0 atom stereocenters. The van der Waals surface area contributed by atoms with E-state index in [2.05, 4.69) is 10.2 Å². The third-order valence-corrected chi connectivity index (χ3v) is 7.20. The number of aromatic nitrogens is 2. The van der Waals surface area contributed by atoms with Crippen LogP contribution >= 0.6 is 0 Å². The van der Waals surface area contributed by atoms with Gasteiger partial charge in [-0.15, -0.1) is 10.2 Å². The molecule has 0 unspecified atom stereocenters. The lowest BCUT2D eigenvalue weighted by Gasteiger charge is -2.34. The molecule has 0 N–H and O–H groups in total. The maximum Gasteiger partial charge on any atom is 0.289 e. The summed E-state index contributed by atoms with van der Waals surface area (Å²) in [6.07, 6.45) is 0. The maximum absolute atomic E-state index is 13.0. The fraction of sp³-hybridized carbons (Fsp3) is 0.238. The van der Waals surface area contributed by atoms with Crippen molar-refractivity contribution in [1.29, 1.82) is 0 Å². The Bertz CT molecular complexity index is 1230. The van der Waals surface area contributed by atoms with Crippen molar-refractivity contribution in [3.63, 3.8) is 0 Å². The van der Waals surface area contributed by atoms with Crippen LogP contribution in [0.25, 0.3) is 11.3 Å². The normalized spacial score (nSPS) is 14.8. The monoisotopic (exact) mass is 455 g/mol. The molecule has 0 bridgehead atoms. The van der Waals surface area contributed by atoms with Crippen LogP contribution in [0.2, 0.25) is 0 Å². The number of nitro groups is 1. The van der Waals surface area contributed by atoms with Gasteiger partial charge in [0.25, 0.3) is 5.69 Å². The van der Waals surface area contributed by atoms with Gasteiger partial charge in [0.05, 0.1) is 17.7 Å². The molecule has 2 heterocycles. The van der Waals surface area contributed by atoms with Gasteiger partial charge in [-0.2, -0.15) is 4.31 Å². The summed E-state index contributed by atoms with van der Waals surface area (Å²) in [5.74, 6) is 1.36. The lowest BCUT2D eigenvalue weighted by atomic mass is 10.1. The first-order valence-electron chi connectivity index (χ1n) is 9.87. The number of ether oxygens (including phenoxy) is 1. The van der Waals surface area contributed by atoms with Crippen molar-refractivity contribution in [3.05, 3.63) is 70.8 Å². The van der Waals surface area contributed by atoms with Gasteiger partial charge in [0, 0.05) is 37.8 Å². The number of anilines is 1. The Balaban J connectivity index is 1.46. The van der Waals surface area contributed by atoms with Crippen molar-refractivity contribution in [1.82, 2.24) is 14.5 Å². The Hall–Kier alpha value is -3.57. The molecule has 1 aromatic heterocycles. The third-order valence-electron chi connectivity index (χ3n) is 5.26. The Kier molecular flexibility index (Phi) is 6.01. The summed E-state index contributed by atoms with van der Waals surface area (Å²) in [7, 11) is -2.37. The first-order chi connectivity index (χ1) is 15.4. The summed E-state index contributed by atoms with van der Waals surface area (Å²) in [4.78, 5) is 12.2. The molecule has 10 nitrogen and oxygen atoms in total. The van der Waals surface area contributed by atoms with Crippen LogP contribution in [-0.4, -0.2) is 61.1 Å². The second-order valence-electron chi connectivity index (χ2n) is 7.12. The number of hydrogen-bond acceptors (Lipinski definition) is 8. The van der Waals surface area contributed by atoms with E-state index in [1.807, 2.05) is 41.3 Å². The lowest BCUT2D eigenvalue weighted by molar-refractivity contribution is -0.387. The van der Waals surface area contributed by atoms with Crippen molar-refractivity contribution in [3.8, 4) is 17.0 Å². The highest BCUT2D eigenvalue weighted by molar-refractivity contribution is 7.89. The summed E-state index contributed by atoms with van der Waals surface area (Å²) >= 11 is 0. The van der Waals surface area contributed by atoms with E-state index in [9.17, 15) is 18.5 Å². The molecule has 2 aromatic carbocycles. The molecule has 1 saturated heterocycles. The standard InChI is InChI=1S/C21H21N5O5S/c1-31-17-6-4-5-16(15-17)18-9-10-21(23-22-18)24-11-13-25(14-12-24)32(29,30)20-8-3-2-7-19(20)26(27)28/h2-10,15H,11-14H2,1H3. The predicted molar refractivity (Wildman–Crippen MR) is 118 cm³/mol. The summed E-state index contributed by atoms with van der Waals surface area (Å²) in [5.41, 5.74) is 1.16. The van der Waals surface area contributed by atoms with E-state index in [1.54, 1.807) is 7.11 Å². The molecule has 1 fully saturated rings. The zero-order chi connectivity index (χ0) is 22.7. The van der Waals surface area contributed by atoms with Crippen LogP contribution in [0.3, 0.4) is 0 Å². The number of sulfonamides is 1. The van der Waals surface area contributed by atoms with Crippen LogP contribution in [0, 0.1) is 10.1 Å². The van der Waals surface area contributed by atoms with Crippen LogP contribution in [0.15, 0.2) is 65.6 Å². The van der Waals surface area contributed by atoms with Gasteiger partial charge in [0.2, 0.25) is 10.0 Å². The minimum absolute atomic E-state index is 0.188. The first-order valence-corrected chi connectivity index (χ1v) is 11.3. The summed E-state index contributed by atoms with van der Waals surface area (Å²) in [6, 6.07) is 16.6. The molecule has 0 radical (unpaired) electrons. The zero-order valence-corrected chi connectivity index (χ0v) is 18.1. The Labute approximate surface area is 185 Å².